The molecule has 0 aromatic rings. The van der Waals surface area contributed by atoms with E-state index in [0.29, 0.717) is 0 Å². The van der Waals surface area contributed by atoms with Crippen LogP contribution < -0.4 is 0 Å². The van der Waals surface area contributed by atoms with Gasteiger partial charge in [-0.2, -0.15) is 0 Å². The zero-order chi connectivity index (χ0) is 26.1. The summed E-state index contributed by atoms with van der Waals surface area (Å²) < 4.78 is -25.8. The van der Waals surface area contributed by atoms with Gasteiger partial charge in [0.1, 0.15) is 0 Å². The van der Waals surface area contributed by atoms with Gasteiger partial charge in [0.15, 0.2) is 29.3 Å². The maximum atomic E-state index is 6.30. The van der Waals surface area contributed by atoms with Crippen LogP contribution in [-0.2, 0) is 0 Å². The van der Waals surface area contributed by atoms with E-state index in [1.54, 1.807) is 0 Å². The van der Waals surface area contributed by atoms with Crippen LogP contribution in [0.5, 0.6) is 0 Å². The van der Waals surface area contributed by atoms with Crippen LogP contribution in [0, 0.1) is 5.92 Å². The Hall–Kier alpha value is 6.09. The summed E-state index contributed by atoms with van der Waals surface area (Å²) in [6.07, 6.45) is 0. The molecule has 188 valence electrons. The third kappa shape index (κ3) is 6.88. The first-order valence-electron chi connectivity index (χ1n) is 6.33. The molecule has 0 aromatic heterocycles. The summed E-state index contributed by atoms with van der Waals surface area (Å²) in [5.74, 6) is -2.08. The van der Waals surface area contributed by atoms with Crippen molar-refractivity contribution in [1.29, 1.82) is 0 Å². The maximum absolute atomic E-state index is 6.30. The molecule has 0 aliphatic heterocycles. The van der Waals surface area contributed by atoms with Crippen molar-refractivity contribution in [2.24, 2.45) is 5.92 Å². The number of rotatable bonds is 6. The first-order chi connectivity index (χ1) is 12.9. The molecule has 0 amide bonds. The van der Waals surface area contributed by atoms with Gasteiger partial charge in [0.2, 0.25) is 8.13 Å². The first kappa shape index (κ1) is 37.1. The second kappa shape index (κ2) is 11.2. The van der Waals surface area contributed by atoms with Crippen LogP contribution >= 0.6 is 244 Å². The van der Waals surface area contributed by atoms with Crippen LogP contribution in [0.3, 0.4) is 0 Å². The Bertz CT molecular complexity index is 627. The van der Waals surface area contributed by atoms with Gasteiger partial charge in [0.05, 0.1) is 5.92 Å². The Morgan fingerprint density at radius 2 is 0.516 bits per heavy atom. The molecule has 21 heteroatoms. The topological polar surface area (TPSA) is 0 Å². The highest BCUT2D eigenvalue weighted by Crippen LogP contribution is 2.73. The minimum Gasteiger partial charge on any atom is -0.0975 e. The highest BCUT2D eigenvalue weighted by Gasteiger charge is 2.81. The lowest BCUT2D eigenvalue weighted by atomic mass is 9.98. The zero-order valence-electron chi connectivity index (χ0n) is 13.0. The van der Waals surface area contributed by atoms with Crippen LogP contribution in [-0.4, -0.2) is 37.4 Å². The molecule has 0 fully saturated rings. The van der Waals surface area contributed by atoms with Gasteiger partial charge in [-0.3, -0.25) is 0 Å². The molecule has 0 spiro atoms. The predicted octanol–water partition coefficient (Wildman–Crippen LogP) is 12.8. The lowest BCUT2D eigenvalue weighted by Crippen LogP contribution is -2.70. The van der Waals surface area contributed by atoms with Crippen molar-refractivity contribution in [3.8, 4) is 0 Å². The summed E-state index contributed by atoms with van der Waals surface area (Å²) in [6, 6.07) is 0. The Morgan fingerprint density at radius 3 is 0.742 bits per heavy atom. The molecule has 0 aromatic carbocycles. The van der Waals surface area contributed by atoms with Gasteiger partial charge in [-0.05, 0) is 0 Å². The van der Waals surface area contributed by atoms with Crippen LogP contribution in [0.2, 0.25) is 0 Å². The van der Waals surface area contributed by atoms with E-state index in [2.05, 4.69) is 0 Å². The van der Waals surface area contributed by atoms with Gasteiger partial charge < -0.3 is 0 Å². The molecule has 0 atom stereocenters. The Morgan fingerprint density at radius 1 is 0.290 bits per heavy atom. The first-order valence-corrected chi connectivity index (χ1v) is 14.3. The van der Waals surface area contributed by atoms with Crippen molar-refractivity contribution in [3.05, 3.63) is 0 Å². The fourth-order valence-electron chi connectivity index (χ4n) is 1.76. The average Bonchev–Trinajstić information content (AvgIpc) is 2.40. The molecular formula is C10HCl21. The monoisotopic (exact) mass is 855 g/mol. The summed E-state index contributed by atoms with van der Waals surface area (Å²) in [5.41, 5.74) is 0. The summed E-state index contributed by atoms with van der Waals surface area (Å²) >= 11 is 127. The fourth-order valence-corrected chi connectivity index (χ4v) is 9.82. The van der Waals surface area contributed by atoms with Crippen molar-refractivity contribution < 1.29 is 0 Å². The second-order valence-electron chi connectivity index (χ2n) is 5.51. The molecule has 0 aliphatic rings. The molecule has 0 unspecified atom stereocenters. The molecule has 31 heavy (non-hydrogen) atoms. The van der Waals surface area contributed by atoms with Gasteiger partial charge in [-0.1, -0.05) is 244 Å². The third-order valence-electron chi connectivity index (χ3n) is 3.37. The zero-order valence-corrected chi connectivity index (χ0v) is 28.9. The van der Waals surface area contributed by atoms with E-state index in [4.69, 9.17) is 244 Å². The van der Waals surface area contributed by atoms with E-state index >= 15 is 0 Å². The molecule has 0 N–H and O–H groups in total. The Kier molecular flexibility index (Phi) is 13.4. The highest BCUT2D eigenvalue weighted by atomic mass is 35.6. The summed E-state index contributed by atoms with van der Waals surface area (Å²) in [5, 5.41) is 0. The SMILES string of the molecule is ClC(Cl)(Cl)C(C(Cl)(Cl)Cl)C(Cl)(Cl)C(Cl)(Cl)C(Cl)(Cl)C(Cl)(Cl)C(Cl)(Cl)C(Cl)(Cl)C(Cl)(Cl)Cl. The van der Waals surface area contributed by atoms with E-state index in [-0.39, 0.29) is 0 Å². The van der Waals surface area contributed by atoms with Crippen molar-refractivity contribution in [1.82, 2.24) is 0 Å². The van der Waals surface area contributed by atoms with E-state index < -0.39 is 43.3 Å². The van der Waals surface area contributed by atoms with Crippen molar-refractivity contribution in [3.63, 3.8) is 0 Å². The lowest BCUT2D eigenvalue weighted by Gasteiger charge is -2.54. The van der Waals surface area contributed by atoms with E-state index in [1.807, 2.05) is 0 Å². The third-order valence-corrected chi connectivity index (χ3v) is 14.7. The Labute approximate surface area is 282 Å². The molecule has 0 radical (unpaired) electrons. The van der Waals surface area contributed by atoms with Gasteiger partial charge in [0.25, 0.3) is 0 Å². The molecule has 0 heterocycles. The minimum atomic E-state index is -3.12. The molecular weight excluding hydrogens is 865 g/mol. The lowest BCUT2D eigenvalue weighted by molar-refractivity contribution is 0.388. The molecule has 0 saturated carbocycles. The normalized spacial score (nSPS) is 16.8. The van der Waals surface area contributed by atoms with Gasteiger partial charge in [-0.15, -0.1) is 0 Å². The van der Waals surface area contributed by atoms with E-state index in [9.17, 15) is 0 Å². The largest absolute Gasteiger partial charge is 0.226 e. The van der Waals surface area contributed by atoms with Crippen molar-refractivity contribution >= 4 is 244 Å². The number of halogens is 21. The molecule has 0 aliphatic carbocycles. The maximum Gasteiger partial charge on any atom is 0.226 e. The van der Waals surface area contributed by atoms with Crippen LogP contribution in [0.1, 0.15) is 0 Å². The Balaban J connectivity index is 6.96. The molecule has 0 rings (SSSR count). The second-order valence-corrected chi connectivity index (χ2v) is 20.6. The molecule has 0 nitrogen and oxygen atoms in total. The van der Waals surface area contributed by atoms with E-state index in [0.717, 1.165) is 0 Å². The molecule has 0 bridgehead atoms. The smallest absolute Gasteiger partial charge is 0.0975 e. The molecule has 0 saturated heterocycles. The fraction of sp³-hybridized carbons (Fsp3) is 1.00. The van der Waals surface area contributed by atoms with Crippen LogP contribution in [0.25, 0.3) is 0 Å². The number of hydrogen-bond acceptors (Lipinski definition) is 0. The summed E-state index contributed by atoms with van der Waals surface area (Å²) in [7, 11) is 0. The van der Waals surface area contributed by atoms with Crippen molar-refractivity contribution in [2.75, 3.05) is 0 Å². The van der Waals surface area contributed by atoms with Gasteiger partial charge >= 0.3 is 0 Å². The average molecular weight is 866 g/mol. The summed E-state index contributed by atoms with van der Waals surface area (Å²) in [4.78, 5) is 0. The standard InChI is InChI=1S/C10HCl21/c11-2(12,1(3(13,14)15)4(16,17)18)5(19,20)6(21,22)7(23,24)8(25,26)9(27,28)10(29,30)31/h1H. The minimum absolute atomic E-state index is 2.08. The predicted molar refractivity (Wildman–Crippen MR) is 151 cm³/mol. The number of hydrogen-bond donors (Lipinski definition) is 0. The van der Waals surface area contributed by atoms with Gasteiger partial charge in [0, 0.05) is 0 Å². The highest BCUT2D eigenvalue weighted by molar-refractivity contribution is 6.83. The quantitative estimate of drug-likeness (QED) is 0.233. The summed E-state index contributed by atoms with van der Waals surface area (Å²) in [6.45, 7) is 0. The van der Waals surface area contributed by atoms with E-state index in [1.165, 1.54) is 0 Å². The number of alkyl halides is 21. The van der Waals surface area contributed by atoms with Crippen LogP contribution in [0.15, 0.2) is 0 Å². The van der Waals surface area contributed by atoms with Gasteiger partial charge in [-0.25, -0.2) is 0 Å². The van der Waals surface area contributed by atoms with Crippen LogP contribution in [0.4, 0.5) is 0 Å². The van der Waals surface area contributed by atoms with Crippen molar-refractivity contribution in [2.45, 2.75) is 37.4 Å².